The smallest absolute Gasteiger partial charge is 0.188 e. The number of hydrogen-bond donors (Lipinski definition) is 0. The molecule has 0 amide bonds. The van der Waals surface area contributed by atoms with E-state index in [1.54, 1.807) is 0 Å². The van der Waals surface area contributed by atoms with Crippen molar-refractivity contribution >= 4 is 49.3 Å². The summed E-state index contributed by atoms with van der Waals surface area (Å²) in [6, 6.07) is 35.5. The minimum absolute atomic E-state index is 0.641. The molecule has 35 heavy (non-hydrogen) atoms. The standard InChI is InChI=1S/C31H20N4/c1-20-14-16-28-24(18-20)22-8-3-5-10-26(22)34(28)30-12-7-13-31(33-30)35-27-11-6-4-9-23(27)25-19-21(32-2)15-17-29(25)35/h3-19H,1H3. The van der Waals surface area contributed by atoms with E-state index in [0.717, 1.165) is 44.5 Å². The maximum Gasteiger partial charge on any atom is 0.188 e. The predicted molar refractivity (Wildman–Crippen MR) is 144 cm³/mol. The quantitative estimate of drug-likeness (QED) is 0.245. The second-order valence-corrected chi connectivity index (χ2v) is 8.89. The van der Waals surface area contributed by atoms with E-state index in [1.165, 1.54) is 16.3 Å². The van der Waals surface area contributed by atoms with Gasteiger partial charge in [-0.2, -0.15) is 0 Å². The van der Waals surface area contributed by atoms with Crippen molar-refractivity contribution in [1.29, 1.82) is 0 Å². The Balaban J connectivity index is 1.54. The zero-order valence-corrected chi connectivity index (χ0v) is 19.1. The molecule has 0 aliphatic rings. The van der Waals surface area contributed by atoms with Gasteiger partial charge in [-0.15, -0.1) is 0 Å². The van der Waals surface area contributed by atoms with Gasteiger partial charge in [0.2, 0.25) is 0 Å². The summed E-state index contributed by atoms with van der Waals surface area (Å²) >= 11 is 0. The Kier molecular flexibility index (Phi) is 4.09. The van der Waals surface area contributed by atoms with Gasteiger partial charge in [0.1, 0.15) is 11.6 Å². The maximum atomic E-state index is 7.45. The molecule has 7 aromatic rings. The molecule has 0 radical (unpaired) electrons. The van der Waals surface area contributed by atoms with E-state index in [0.29, 0.717) is 5.69 Å². The van der Waals surface area contributed by atoms with E-state index in [9.17, 15) is 0 Å². The zero-order valence-electron chi connectivity index (χ0n) is 19.1. The first-order valence-electron chi connectivity index (χ1n) is 11.6. The van der Waals surface area contributed by atoms with E-state index >= 15 is 0 Å². The van der Waals surface area contributed by atoms with E-state index in [1.807, 2.05) is 30.3 Å². The number of fused-ring (bicyclic) bond motifs is 6. The molecule has 0 unspecified atom stereocenters. The van der Waals surface area contributed by atoms with Crippen LogP contribution in [0.4, 0.5) is 5.69 Å². The molecule has 7 rings (SSSR count). The normalized spacial score (nSPS) is 11.5. The van der Waals surface area contributed by atoms with Gasteiger partial charge in [0.05, 0.1) is 28.6 Å². The molecule has 0 saturated heterocycles. The molecule has 0 N–H and O–H groups in total. The highest BCUT2D eigenvalue weighted by atomic mass is 15.1. The number of pyridine rings is 1. The minimum Gasteiger partial charge on any atom is -0.294 e. The number of aromatic nitrogens is 3. The van der Waals surface area contributed by atoms with Gasteiger partial charge in [-0.3, -0.25) is 9.13 Å². The van der Waals surface area contributed by atoms with Crippen molar-refractivity contribution in [1.82, 2.24) is 14.1 Å². The van der Waals surface area contributed by atoms with Crippen LogP contribution in [0.1, 0.15) is 5.56 Å². The summed E-state index contributed by atoms with van der Waals surface area (Å²) < 4.78 is 4.44. The molecule has 3 aromatic heterocycles. The first kappa shape index (κ1) is 19.6. The summed E-state index contributed by atoms with van der Waals surface area (Å²) in [5.41, 5.74) is 6.29. The summed E-state index contributed by atoms with van der Waals surface area (Å²) in [4.78, 5) is 8.83. The van der Waals surface area contributed by atoms with Crippen LogP contribution in [-0.2, 0) is 0 Å². The molecular formula is C31H20N4. The lowest BCUT2D eigenvalue weighted by atomic mass is 10.1. The van der Waals surface area contributed by atoms with Gasteiger partial charge in [0, 0.05) is 16.2 Å². The first-order chi connectivity index (χ1) is 17.2. The summed E-state index contributed by atoms with van der Waals surface area (Å²) in [5.74, 6) is 1.73. The van der Waals surface area contributed by atoms with Gasteiger partial charge >= 0.3 is 0 Å². The molecule has 0 bridgehead atoms. The molecule has 3 heterocycles. The lowest BCUT2D eigenvalue weighted by molar-refractivity contribution is 1.01. The molecule has 0 fully saturated rings. The molecule has 0 atom stereocenters. The van der Waals surface area contributed by atoms with Gasteiger partial charge in [0.15, 0.2) is 5.69 Å². The SMILES string of the molecule is [C-]#[N+]c1ccc2c(c1)c1ccccc1n2-c1cccc(-n2c3ccccc3c3cc(C)ccc32)n1. The van der Waals surface area contributed by atoms with Crippen LogP contribution >= 0.6 is 0 Å². The van der Waals surface area contributed by atoms with Crippen molar-refractivity contribution in [2.75, 3.05) is 0 Å². The third kappa shape index (κ3) is 2.82. The number of aryl methyl sites for hydroxylation is 1. The van der Waals surface area contributed by atoms with Crippen molar-refractivity contribution in [3.05, 3.63) is 120 Å². The van der Waals surface area contributed by atoms with Crippen LogP contribution in [0.25, 0.3) is 60.1 Å². The molecular weight excluding hydrogens is 428 g/mol. The van der Waals surface area contributed by atoms with Gasteiger partial charge in [-0.05, 0) is 60.8 Å². The van der Waals surface area contributed by atoms with E-state index < -0.39 is 0 Å². The number of para-hydroxylation sites is 2. The molecule has 164 valence electrons. The number of rotatable bonds is 2. The third-order valence-electron chi connectivity index (χ3n) is 6.79. The second-order valence-electron chi connectivity index (χ2n) is 8.89. The van der Waals surface area contributed by atoms with Crippen molar-refractivity contribution < 1.29 is 0 Å². The summed E-state index contributed by atoms with van der Waals surface area (Å²) in [6.07, 6.45) is 0. The largest absolute Gasteiger partial charge is 0.294 e. The molecule has 0 saturated carbocycles. The average Bonchev–Trinajstić information content (AvgIpc) is 3.41. The van der Waals surface area contributed by atoms with E-state index in [-0.39, 0.29) is 0 Å². The second kappa shape index (κ2) is 7.31. The van der Waals surface area contributed by atoms with Crippen molar-refractivity contribution in [3.8, 4) is 11.6 Å². The Morgan fingerprint density at radius 3 is 1.74 bits per heavy atom. The average molecular weight is 449 g/mol. The molecule has 4 aromatic carbocycles. The molecule has 0 aliphatic heterocycles. The summed E-state index contributed by atoms with van der Waals surface area (Å²) in [6.45, 7) is 9.59. The Morgan fingerprint density at radius 1 is 0.571 bits per heavy atom. The first-order valence-corrected chi connectivity index (χ1v) is 11.6. The van der Waals surface area contributed by atoms with E-state index in [2.05, 4.69) is 93.7 Å². The Labute approximate surface area is 202 Å². The third-order valence-corrected chi connectivity index (χ3v) is 6.79. The lowest BCUT2D eigenvalue weighted by Crippen LogP contribution is -2.03. The van der Waals surface area contributed by atoms with Gasteiger partial charge in [-0.1, -0.05) is 60.2 Å². The highest BCUT2D eigenvalue weighted by molar-refractivity contribution is 6.11. The summed E-state index contributed by atoms with van der Waals surface area (Å²) in [5, 5.41) is 4.64. The van der Waals surface area contributed by atoms with Crippen LogP contribution in [-0.4, -0.2) is 14.1 Å². The van der Waals surface area contributed by atoms with Crippen molar-refractivity contribution in [2.45, 2.75) is 6.92 Å². The van der Waals surface area contributed by atoms with Gasteiger partial charge < -0.3 is 0 Å². The van der Waals surface area contributed by atoms with Gasteiger partial charge in [-0.25, -0.2) is 9.83 Å². The van der Waals surface area contributed by atoms with Crippen molar-refractivity contribution in [2.24, 2.45) is 0 Å². The highest BCUT2D eigenvalue weighted by Gasteiger charge is 2.16. The molecule has 4 nitrogen and oxygen atoms in total. The Hall–Kier alpha value is -4.88. The number of nitrogens with zero attached hydrogens (tertiary/aromatic N) is 4. The fourth-order valence-corrected chi connectivity index (χ4v) is 5.27. The number of hydrogen-bond acceptors (Lipinski definition) is 1. The van der Waals surface area contributed by atoms with Crippen molar-refractivity contribution in [3.63, 3.8) is 0 Å². The highest BCUT2D eigenvalue weighted by Crippen LogP contribution is 2.35. The Morgan fingerprint density at radius 2 is 1.11 bits per heavy atom. The summed E-state index contributed by atoms with van der Waals surface area (Å²) in [7, 11) is 0. The fraction of sp³-hybridized carbons (Fsp3) is 0.0323. The minimum atomic E-state index is 0.641. The van der Waals surface area contributed by atoms with Crippen LogP contribution in [0.15, 0.2) is 103 Å². The molecule has 0 spiro atoms. The molecule has 4 heteroatoms. The monoisotopic (exact) mass is 448 g/mol. The van der Waals surface area contributed by atoms with Crippen LogP contribution in [0.2, 0.25) is 0 Å². The molecule has 0 aliphatic carbocycles. The fourth-order valence-electron chi connectivity index (χ4n) is 5.27. The van der Waals surface area contributed by atoms with Crippen LogP contribution in [0, 0.1) is 13.5 Å². The lowest BCUT2D eigenvalue weighted by Gasteiger charge is -2.11. The number of benzene rings is 4. The van der Waals surface area contributed by atoms with E-state index in [4.69, 9.17) is 11.6 Å². The van der Waals surface area contributed by atoms with Crippen LogP contribution in [0.5, 0.6) is 0 Å². The predicted octanol–water partition coefficient (Wildman–Crippen LogP) is 8.14. The topological polar surface area (TPSA) is 27.1 Å². The van der Waals surface area contributed by atoms with Crippen LogP contribution in [0.3, 0.4) is 0 Å². The zero-order chi connectivity index (χ0) is 23.5. The Bertz CT molecular complexity index is 1980. The maximum absolute atomic E-state index is 7.45. The van der Waals surface area contributed by atoms with Crippen LogP contribution < -0.4 is 0 Å². The van der Waals surface area contributed by atoms with Gasteiger partial charge in [0.25, 0.3) is 0 Å².